The van der Waals surface area contributed by atoms with Crippen LogP contribution in [-0.4, -0.2) is 36.5 Å². The first-order valence-corrected chi connectivity index (χ1v) is 11.0. The highest BCUT2D eigenvalue weighted by atomic mass is 32.2. The van der Waals surface area contributed by atoms with E-state index in [1.165, 1.54) is 28.6 Å². The Labute approximate surface area is 150 Å². The fraction of sp³-hybridized carbons (Fsp3) is 0.412. The number of ketones is 1. The zero-order chi connectivity index (χ0) is 18.5. The van der Waals surface area contributed by atoms with Gasteiger partial charge >= 0.3 is 0 Å². The summed E-state index contributed by atoms with van der Waals surface area (Å²) >= 11 is 1.29. The molecule has 1 N–H and O–H groups in total. The molecule has 3 rings (SSSR count). The highest BCUT2D eigenvalue weighted by molar-refractivity contribution is 7.99. The highest BCUT2D eigenvalue weighted by Gasteiger charge is 2.33. The van der Waals surface area contributed by atoms with Crippen molar-refractivity contribution in [3.8, 4) is 0 Å². The van der Waals surface area contributed by atoms with E-state index in [0.29, 0.717) is 21.7 Å². The average molecular weight is 380 g/mol. The number of nitrogens with zero attached hydrogens (tertiary/aromatic N) is 1. The molecule has 0 radical (unpaired) electrons. The molecule has 1 aliphatic rings. The smallest absolute Gasteiger partial charge is 0.277 e. The van der Waals surface area contributed by atoms with E-state index in [1.54, 1.807) is 20.2 Å². The van der Waals surface area contributed by atoms with Gasteiger partial charge in [-0.25, -0.2) is 8.42 Å². The number of hydrogen-bond acceptors (Lipinski definition) is 5. The summed E-state index contributed by atoms with van der Waals surface area (Å²) in [6.45, 7) is 1.72. The second-order valence-corrected chi connectivity index (χ2v) is 9.21. The van der Waals surface area contributed by atoms with Gasteiger partial charge in [0.05, 0.1) is 10.6 Å². The minimum Gasteiger partial charge on any atom is -0.299 e. The quantitative estimate of drug-likeness (QED) is 0.635. The van der Waals surface area contributed by atoms with Crippen LogP contribution in [-0.2, 0) is 16.9 Å². The predicted octanol–water partition coefficient (Wildman–Crippen LogP) is 2.26. The summed E-state index contributed by atoms with van der Waals surface area (Å²) in [6.07, 6.45) is 4.84. The number of aryl methyl sites for hydroxylation is 1. The van der Waals surface area contributed by atoms with Crippen molar-refractivity contribution in [2.75, 3.05) is 12.5 Å². The first kappa shape index (κ1) is 18.0. The Hall–Kier alpha value is -1.80. The standard InChI is InChI=1S/C17H20N2O4S2/c1-9-11(7-8-12(16(9)24-3)25(4,22)23)15(20)13-14(10-5-6-10)18-19(2)17(13)21/h7-8,10,18H,5-6H2,1-4H3. The minimum absolute atomic E-state index is 0.173. The zero-order valence-corrected chi connectivity index (χ0v) is 16.2. The number of sulfone groups is 1. The van der Waals surface area contributed by atoms with Crippen LogP contribution in [0.1, 0.15) is 45.9 Å². The van der Waals surface area contributed by atoms with Gasteiger partial charge in [-0.05, 0) is 43.7 Å². The van der Waals surface area contributed by atoms with Crippen molar-refractivity contribution < 1.29 is 13.2 Å². The summed E-state index contributed by atoms with van der Waals surface area (Å²) in [5.41, 5.74) is 1.48. The lowest BCUT2D eigenvalue weighted by Crippen LogP contribution is -2.20. The summed E-state index contributed by atoms with van der Waals surface area (Å²) in [4.78, 5) is 26.3. The molecule has 1 heterocycles. The number of aromatic amines is 1. The number of rotatable bonds is 5. The van der Waals surface area contributed by atoms with Gasteiger partial charge in [0.1, 0.15) is 5.56 Å². The third-order valence-corrected chi connectivity index (χ3v) is 6.71. The van der Waals surface area contributed by atoms with Crippen molar-refractivity contribution in [1.82, 2.24) is 9.78 Å². The Morgan fingerprint density at radius 1 is 1.32 bits per heavy atom. The van der Waals surface area contributed by atoms with Crippen molar-refractivity contribution >= 4 is 27.4 Å². The highest BCUT2D eigenvalue weighted by Crippen LogP contribution is 2.40. The molecule has 1 saturated carbocycles. The molecular formula is C17H20N2O4S2. The summed E-state index contributed by atoms with van der Waals surface area (Å²) < 4.78 is 25.3. The molecule has 1 aromatic heterocycles. The minimum atomic E-state index is -3.39. The van der Waals surface area contributed by atoms with Crippen LogP contribution in [0.25, 0.3) is 0 Å². The van der Waals surface area contributed by atoms with Gasteiger partial charge < -0.3 is 0 Å². The van der Waals surface area contributed by atoms with Crippen LogP contribution in [0.3, 0.4) is 0 Å². The molecule has 1 aromatic carbocycles. The van der Waals surface area contributed by atoms with Crippen LogP contribution < -0.4 is 5.56 Å². The van der Waals surface area contributed by atoms with Gasteiger partial charge in [0.15, 0.2) is 9.84 Å². The van der Waals surface area contributed by atoms with Crippen LogP contribution in [0.2, 0.25) is 0 Å². The molecule has 0 unspecified atom stereocenters. The summed E-state index contributed by atoms with van der Waals surface area (Å²) in [7, 11) is -1.80. The van der Waals surface area contributed by atoms with E-state index in [1.807, 2.05) is 0 Å². The van der Waals surface area contributed by atoms with Gasteiger partial charge in [0.2, 0.25) is 5.78 Å². The Morgan fingerprint density at radius 2 is 1.96 bits per heavy atom. The van der Waals surface area contributed by atoms with Crippen LogP contribution in [0.4, 0.5) is 0 Å². The van der Waals surface area contributed by atoms with E-state index < -0.39 is 9.84 Å². The van der Waals surface area contributed by atoms with Crippen LogP contribution >= 0.6 is 11.8 Å². The van der Waals surface area contributed by atoms with Gasteiger partial charge in [-0.1, -0.05) is 0 Å². The first-order chi connectivity index (χ1) is 11.7. The van der Waals surface area contributed by atoms with Crippen molar-refractivity contribution in [3.63, 3.8) is 0 Å². The van der Waals surface area contributed by atoms with Gasteiger partial charge in [-0.3, -0.25) is 19.4 Å². The molecule has 6 nitrogen and oxygen atoms in total. The largest absolute Gasteiger partial charge is 0.299 e. The number of carbonyl (C=O) groups excluding carboxylic acids is 1. The molecular weight excluding hydrogens is 360 g/mol. The Kier molecular flexibility index (Phi) is 4.45. The van der Waals surface area contributed by atoms with E-state index >= 15 is 0 Å². The molecule has 1 fully saturated rings. The number of carbonyl (C=O) groups is 1. The lowest BCUT2D eigenvalue weighted by atomic mass is 9.98. The topological polar surface area (TPSA) is 89.0 Å². The summed E-state index contributed by atoms with van der Waals surface area (Å²) in [6, 6.07) is 2.96. The third kappa shape index (κ3) is 3.08. The fourth-order valence-corrected chi connectivity index (χ4v) is 5.24. The molecule has 0 atom stereocenters. The molecule has 0 saturated heterocycles. The molecule has 8 heteroatoms. The molecule has 0 amide bonds. The Morgan fingerprint density at radius 3 is 2.48 bits per heavy atom. The molecule has 0 spiro atoms. The zero-order valence-electron chi connectivity index (χ0n) is 14.5. The average Bonchev–Trinajstić information content (AvgIpc) is 3.32. The monoisotopic (exact) mass is 380 g/mol. The van der Waals surface area contributed by atoms with Crippen LogP contribution in [0.5, 0.6) is 0 Å². The SMILES string of the molecule is CSc1c(S(C)(=O)=O)ccc(C(=O)c2c(C3CC3)[nH]n(C)c2=O)c1C. The maximum atomic E-state index is 13.1. The van der Waals surface area contributed by atoms with Crippen LogP contribution in [0, 0.1) is 6.92 Å². The van der Waals surface area contributed by atoms with Crippen molar-refractivity contribution in [1.29, 1.82) is 0 Å². The number of hydrogen-bond donors (Lipinski definition) is 1. The van der Waals surface area contributed by atoms with Gasteiger partial charge in [-0.15, -0.1) is 11.8 Å². The molecule has 1 aliphatic carbocycles. The normalized spacial score (nSPS) is 14.7. The maximum Gasteiger partial charge on any atom is 0.277 e. The van der Waals surface area contributed by atoms with Gasteiger partial charge in [0.25, 0.3) is 5.56 Å². The van der Waals surface area contributed by atoms with Crippen LogP contribution in [0.15, 0.2) is 26.7 Å². The van der Waals surface area contributed by atoms with E-state index in [4.69, 9.17) is 0 Å². The molecule has 2 aromatic rings. The van der Waals surface area contributed by atoms with Gasteiger partial charge in [-0.2, -0.15) is 0 Å². The second-order valence-electron chi connectivity index (χ2n) is 6.41. The Balaban J connectivity index is 2.18. The lowest BCUT2D eigenvalue weighted by Gasteiger charge is -2.13. The first-order valence-electron chi connectivity index (χ1n) is 7.88. The molecule has 0 bridgehead atoms. The summed E-state index contributed by atoms with van der Waals surface area (Å²) in [5, 5.41) is 2.99. The number of benzene rings is 1. The molecule has 0 aliphatic heterocycles. The van der Waals surface area contributed by atoms with Crippen molar-refractivity contribution in [2.24, 2.45) is 7.05 Å². The van der Waals surface area contributed by atoms with E-state index in [9.17, 15) is 18.0 Å². The van der Waals surface area contributed by atoms with Gasteiger partial charge in [0, 0.05) is 29.7 Å². The number of nitrogens with one attached hydrogen (secondary N) is 1. The molecule has 134 valence electrons. The molecule has 25 heavy (non-hydrogen) atoms. The number of H-pyrrole nitrogens is 1. The Bertz CT molecular complexity index is 1030. The van der Waals surface area contributed by atoms with E-state index in [2.05, 4.69) is 5.10 Å². The number of thioether (sulfide) groups is 1. The summed E-state index contributed by atoms with van der Waals surface area (Å²) in [5.74, 6) is -0.125. The fourth-order valence-electron chi connectivity index (χ4n) is 3.05. The lowest BCUT2D eigenvalue weighted by molar-refractivity contribution is 0.103. The third-order valence-electron chi connectivity index (χ3n) is 4.51. The maximum absolute atomic E-state index is 13.1. The number of aromatic nitrogens is 2. The second kappa shape index (κ2) is 6.17. The van der Waals surface area contributed by atoms with E-state index in [-0.39, 0.29) is 27.7 Å². The van der Waals surface area contributed by atoms with Crippen molar-refractivity contribution in [3.05, 3.63) is 44.9 Å². The van der Waals surface area contributed by atoms with Crippen molar-refractivity contribution in [2.45, 2.75) is 35.5 Å². The predicted molar refractivity (Wildman–Crippen MR) is 97.5 cm³/mol. The van der Waals surface area contributed by atoms with E-state index in [0.717, 1.165) is 19.1 Å².